The van der Waals surface area contributed by atoms with Crippen molar-refractivity contribution in [2.24, 2.45) is 0 Å². The van der Waals surface area contributed by atoms with Gasteiger partial charge in [0.2, 0.25) is 0 Å². The van der Waals surface area contributed by atoms with Gasteiger partial charge in [-0.25, -0.2) is 0 Å². The highest BCUT2D eigenvalue weighted by atomic mass is 32.2. The summed E-state index contributed by atoms with van der Waals surface area (Å²) in [4.78, 5) is 12.6. The Morgan fingerprint density at radius 2 is 2.46 bits per heavy atom. The molecule has 4 nitrogen and oxygen atoms in total. The summed E-state index contributed by atoms with van der Waals surface area (Å²) in [5.41, 5.74) is 0. The number of carbonyl (C=O) groups is 1. The lowest BCUT2D eigenvalue weighted by molar-refractivity contribution is -0.143. The summed E-state index contributed by atoms with van der Waals surface area (Å²) in [6.45, 7) is 2.47. The van der Waals surface area contributed by atoms with Crippen LogP contribution in [0, 0.1) is 0 Å². The first-order valence-corrected chi connectivity index (χ1v) is 5.49. The van der Waals surface area contributed by atoms with E-state index in [1.54, 1.807) is 18.7 Å². The Balaban J connectivity index is 2.58. The van der Waals surface area contributed by atoms with Crippen molar-refractivity contribution < 1.29 is 15.0 Å². The lowest BCUT2D eigenvalue weighted by atomic mass is 10.2. The highest BCUT2D eigenvalue weighted by Gasteiger charge is 2.29. The normalized spacial score (nSPS) is 27.1. The summed E-state index contributed by atoms with van der Waals surface area (Å²) in [6.07, 6.45) is 0. The minimum absolute atomic E-state index is 0.00449. The van der Waals surface area contributed by atoms with Crippen LogP contribution in [0.15, 0.2) is 0 Å². The minimum Gasteiger partial charge on any atom is -0.480 e. The molecule has 1 saturated heterocycles. The van der Waals surface area contributed by atoms with E-state index in [1.165, 1.54) is 0 Å². The summed E-state index contributed by atoms with van der Waals surface area (Å²) in [6, 6.07) is -0.483. The Morgan fingerprint density at radius 3 is 3.00 bits per heavy atom. The number of hydrogen-bond donors (Lipinski definition) is 2. The van der Waals surface area contributed by atoms with Crippen molar-refractivity contribution in [3.8, 4) is 0 Å². The molecule has 0 bridgehead atoms. The number of carboxylic acids is 1. The van der Waals surface area contributed by atoms with Crippen molar-refractivity contribution in [3.05, 3.63) is 0 Å². The second kappa shape index (κ2) is 4.83. The van der Waals surface area contributed by atoms with E-state index < -0.39 is 12.0 Å². The van der Waals surface area contributed by atoms with E-state index in [0.29, 0.717) is 0 Å². The Labute approximate surface area is 81.9 Å². The van der Waals surface area contributed by atoms with Crippen molar-refractivity contribution in [3.63, 3.8) is 0 Å². The van der Waals surface area contributed by atoms with Crippen LogP contribution in [0.2, 0.25) is 0 Å². The summed E-state index contributed by atoms with van der Waals surface area (Å²) in [5.74, 6) is 0.966. The summed E-state index contributed by atoms with van der Waals surface area (Å²) >= 11 is 1.77. The van der Waals surface area contributed by atoms with Gasteiger partial charge in [0.25, 0.3) is 0 Å². The number of aliphatic hydroxyl groups excluding tert-OH is 1. The van der Waals surface area contributed by atoms with Gasteiger partial charge in [-0.15, -0.1) is 0 Å². The quantitative estimate of drug-likeness (QED) is 0.672. The van der Waals surface area contributed by atoms with E-state index in [9.17, 15) is 4.79 Å². The third kappa shape index (κ3) is 2.59. The topological polar surface area (TPSA) is 60.8 Å². The number of rotatable bonds is 3. The summed E-state index contributed by atoms with van der Waals surface area (Å²) in [7, 11) is 0. The average Bonchev–Trinajstić information content (AvgIpc) is 2.16. The molecule has 2 N–H and O–H groups in total. The summed E-state index contributed by atoms with van der Waals surface area (Å²) in [5, 5.41) is 17.9. The van der Waals surface area contributed by atoms with Crippen molar-refractivity contribution in [1.82, 2.24) is 4.90 Å². The van der Waals surface area contributed by atoms with Gasteiger partial charge in [0.15, 0.2) is 0 Å². The lowest BCUT2D eigenvalue weighted by Crippen LogP contribution is -2.51. The van der Waals surface area contributed by atoms with Crippen LogP contribution < -0.4 is 0 Å². The van der Waals surface area contributed by atoms with Crippen LogP contribution in [-0.4, -0.2) is 57.8 Å². The van der Waals surface area contributed by atoms with E-state index in [4.69, 9.17) is 10.2 Å². The molecule has 76 valence electrons. The molecule has 1 heterocycles. The van der Waals surface area contributed by atoms with Gasteiger partial charge < -0.3 is 10.2 Å². The number of nitrogens with zero attached hydrogens (tertiary/aromatic N) is 1. The Bertz CT molecular complexity index is 188. The highest BCUT2D eigenvalue weighted by Crippen LogP contribution is 2.18. The van der Waals surface area contributed by atoms with Gasteiger partial charge in [0.05, 0.1) is 6.61 Å². The van der Waals surface area contributed by atoms with Crippen LogP contribution >= 0.6 is 11.8 Å². The molecule has 1 aliphatic heterocycles. The third-order valence-corrected chi connectivity index (χ3v) is 3.43. The maximum absolute atomic E-state index is 10.7. The van der Waals surface area contributed by atoms with E-state index in [0.717, 1.165) is 18.1 Å². The molecule has 1 rings (SSSR count). The largest absolute Gasteiger partial charge is 0.480 e. The van der Waals surface area contributed by atoms with Crippen molar-refractivity contribution in [2.45, 2.75) is 19.0 Å². The number of aliphatic hydroxyl groups is 1. The third-order valence-electron chi connectivity index (χ3n) is 2.34. The standard InChI is InChI=1S/C8H15NO3S/c1-6(8(11)12)9-2-3-13-5-7(9)4-10/h6-7,10H,2-5H2,1H3,(H,11,12). The molecule has 0 radical (unpaired) electrons. The van der Waals surface area contributed by atoms with E-state index in [-0.39, 0.29) is 12.6 Å². The van der Waals surface area contributed by atoms with Gasteiger partial charge in [0.1, 0.15) is 6.04 Å². The summed E-state index contributed by atoms with van der Waals surface area (Å²) < 4.78 is 0. The van der Waals surface area contributed by atoms with Crippen LogP contribution in [0.5, 0.6) is 0 Å². The second-order valence-electron chi connectivity index (χ2n) is 3.16. The predicted molar refractivity (Wildman–Crippen MR) is 52.0 cm³/mol. The van der Waals surface area contributed by atoms with Crippen LogP contribution in [0.3, 0.4) is 0 Å². The molecular weight excluding hydrogens is 190 g/mol. The molecule has 0 saturated carbocycles. The number of hydrogen-bond acceptors (Lipinski definition) is 4. The van der Waals surface area contributed by atoms with Gasteiger partial charge in [-0.2, -0.15) is 11.8 Å². The first-order chi connectivity index (χ1) is 6.16. The maximum Gasteiger partial charge on any atom is 0.320 e. The van der Waals surface area contributed by atoms with Crippen molar-refractivity contribution >= 4 is 17.7 Å². The fourth-order valence-electron chi connectivity index (χ4n) is 1.48. The zero-order chi connectivity index (χ0) is 9.84. The molecule has 0 aromatic heterocycles. The van der Waals surface area contributed by atoms with Crippen LogP contribution in [-0.2, 0) is 4.79 Å². The molecule has 5 heteroatoms. The molecule has 0 aliphatic carbocycles. The Kier molecular flexibility index (Phi) is 4.02. The van der Waals surface area contributed by atoms with E-state index in [2.05, 4.69) is 0 Å². The number of aliphatic carboxylic acids is 1. The Hall–Kier alpha value is -0.260. The SMILES string of the molecule is CC(C(=O)O)N1CCSCC1CO. The lowest BCUT2D eigenvalue weighted by Gasteiger charge is -2.36. The van der Waals surface area contributed by atoms with Gasteiger partial charge in [-0.05, 0) is 6.92 Å². The first-order valence-electron chi connectivity index (χ1n) is 4.34. The maximum atomic E-state index is 10.7. The Morgan fingerprint density at radius 1 is 1.77 bits per heavy atom. The molecule has 1 fully saturated rings. The minimum atomic E-state index is -0.814. The molecule has 0 aromatic rings. The molecular formula is C8H15NO3S. The van der Waals surface area contributed by atoms with E-state index in [1.807, 2.05) is 4.90 Å². The van der Waals surface area contributed by atoms with Gasteiger partial charge in [-0.1, -0.05) is 0 Å². The second-order valence-corrected chi connectivity index (χ2v) is 4.31. The molecule has 0 amide bonds. The van der Waals surface area contributed by atoms with E-state index >= 15 is 0 Å². The number of thioether (sulfide) groups is 1. The average molecular weight is 205 g/mol. The molecule has 13 heavy (non-hydrogen) atoms. The zero-order valence-corrected chi connectivity index (χ0v) is 8.46. The van der Waals surface area contributed by atoms with Crippen LogP contribution in [0.4, 0.5) is 0 Å². The molecule has 0 spiro atoms. The van der Waals surface area contributed by atoms with Crippen LogP contribution in [0.1, 0.15) is 6.92 Å². The molecule has 0 aromatic carbocycles. The fourth-order valence-corrected chi connectivity index (χ4v) is 2.55. The first kappa shape index (κ1) is 10.8. The van der Waals surface area contributed by atoms with Gasteiger partial charge >= 0.3 is 5.97 Å². The molecule has 2 unspecified atom stereocenters. The van der Waals surface area contributed by atoms with Crippen molar-refractivity contribution in [2.75, 3.05) is 24.7 Å². The fraction of sp³-hybridized carbons (Fsp3) is 0.875. The van der Waals surface area contributed by atoms with Crippen LogP contribution in [0.25, 0.3) is 0 Å². The van der Waals surface area contributed by atoms with Gasteiger partial charge in [0, 0.05) is 24.1 Å². The van der Waals surface area contributed by atoms with Crippen molar-refractivity contribution in [1.29, 1.82) is 0 Å². The predicted octanol–water partition coefficient (Wildman–Crippen LogP) is -0.131. The zero-order valence-electron chi connectivity index (χ0n) is 7.64. The number of carboxylic acid groups (broad SMARTS) is 1. The highest BCUT2D eigenvalue weighted by molar-refractivity contribution is 7.99. The smallest absolute Gasteiger partial charge is 0.320 e. The monoisotopic (exact) mass is 205 g/mol. The molecule has 1 aliphatic rings. The van der Waals surface area contributed by atoms with Gasteiger partial charge in [-0.3, -0.25) is 9.69 Å². The molecule has 2 atom stereocenters.